The van der Waals surface area contributed by atoms with E-state index in [4.69, 9.17) is 11.6 Å². The minimum absolute atomic E-state index is 0.160. The summed E-state index contributed by atoms with van der Waals surface area (Å²) in [5.41, 5.74) is 1.57. The molecule has 88 valence electrons. The van der Waals surface area contributed by atoms with Crippen LogP contribution in [0.4, 0.5) is 10.1 Å². The summed E-state index contributed by atoms with van der Waals surface area (Å²) in [4.78, 5) is 2.07. The fraction of sp³-hybridized carbons (Fsp3) is 0.538. The number of halogens is 2. The molecule has 0 radical (unpaired) electrons. The largest absolute Gasteiger partial charge is 0.369 e. The Kier molecular flexibility index (Phi) is 3.70. The molecular formula is C13H17ClFN. The number of para-hydroxylation sites is 1. The molecular weight excluding hydrogens is 225 g/mol. The van der Waals surface area contributed by atoms with E-state index < -0.39 is 0 Å². The lowest BCUT2D eigenvalue weighted by molar-refractivity contribution is 0.593. The van der Waals surface area contributed by atoms with Crippen molar-refractivity contribution in [2.45, 2.75) is 37.6 Å². The molecule has 0 unspecified atom stereocenters. The molecule has 0 atom stereocenters. The number of rotatable bonds is 3. The van der Waals surface area contributed by atoms with Gasteiger partial charge in [-0.05, 0) is 24.5 Å². The average Bonchev–Trinajstić information content (AvgIpc) is 2.81. The van der Waals surface area contributed by atoms with Crippen LogP contribution in [0.3, 0.4) is 0 Å². The van der Waals surface area contributed by atoms with Gasteiger partial charge in [-0.2, -0.15) is 0 Å². The Morgan fingerprint density at radius 1 is 1.38 bits per heavy atom. The molecule has 0 heterocycles. The summed E-state index contributed by atoms with van der Waals surface area (Å²) < 4.78 is 13.8. The Morgan fingerprint density at radius 3 is 2.69 bits per heavy atom. The van der Waals surface area contributed by atoms with Gasteiger partial charge in [0.25, 0.3) is 0 Å². The highest BCUT2D eigenvalue weighted by molar-refractivity contribution is 6.17. The molecule has 1 aliphatic rings. The zero-order valence-electron chi connectivity index (χ0n) is 9.55. The van der Waals surface area contributed by atoms with Crippen LogP contribution < -0.4 is 4.90 Å². The lowest BCUT2D eigenvalue weighted by Gasteiger charge is -2.28. The number of alkyl halides is 1. The van der Waals surface area contributed by atoms with E-state index in [9.17, 15) is 4.39 Å². The maximum Gasteiger partial charge on any atom is 0.146 e. The third-order valence-electron chi connectivity index (χ3n) is 3.44. The maximum atomic E-state index is 13.8. The zero-order chi connectivity index (χ0) is 11.5. The summed E-state index contributed by atoms with van der Waals surface area (Å²) in [6.07, 6.45) is 4.82. The van der Waals surface area contributed by atoms with Crippen LogP contribution in [0.25, 0.3) is 0 Å². The second kappa shape index (κ2) is 5.05. The molecule has 0 saturated heterocycles. The van der Waals surface area contributed by atoms with Crippen molar-refractivity contribution in [3.05, 3.63) is 29.6 Å². The van der Waals surface area contributed by atoms with Crippen LogP contribution in [-0.2, 0) is 5.88 Å². The van der Waals surface area contributed by atoms with Crippen LogP contribution in [0.5, 0.6) is 0 Å². The quantitative estimate of drug-likeness (QED) is 0.725. The predicted octanol–water partition coefficient (Wildman–Crippen LogP) is 3.94. The molecule has 1 fully saturated rings. The molecule has 2 rings (SSSR count). The van der Waals surface area contributed by atoms with E-state index >= 15 is 0 Å². The molecule has 16 heavy (non-hydrogen) atoms. The normalized spacial score (nSPS) is 16.7. The SMILES string of the molecule is CN(c1c(F)cccc1CCl)C1CCCC1. The molecule has 1 aromatic carbocycles. The molecule has 0 N–H and O–H groups in total. The smallest absolute Gasteiger partial charge is 0.146 e. The van der Waals surface area contributed by atoms with E-state index in [-0.39, 0.29) is 5.82 Å². The zero-order valence-corrected chi connectivity index (χ0v) is 10.3. The van der Waals surface area contributed by atoms with Crippen LogP contribution in [0.2, 0.25) is 0 Å². The highest BCUT2D eigenvalue weighted by atomic mass is 35.5. The van der Waals surface area contributed by atoms with Crippen LogP contribution in [0.1, 0.15) is 31.2 Å². The first-order valence-corrected chi connectivity index (χ1v) is 6.33. The van der Waals surface area contributed by atoms with Gasteiger partial charge in [0.15, 0.2) is 0 Å². The first-order valence-electron chi connectivity index (χ1n) is 5.80. The molecule has 0 aromatic heterocycles. The minimum atomic E-state index is -0.160. The summed E-state index contributed by atoms with van der Waals surface area (Å²) in [7, 11) is 1.98. The summed E-state index contributed by atoms with van der Waals surface area (Å²) in [6.45, 7) is 0. The fourth-order valence-electron chi connectivity index (χ4n) is 2.54. The van der Waals surface area contributed by atoms with Crippen molar-refractivity contribution in [2.24, 2.45) is 0 Å². The number of nitrogens with zero attached hydrogens (tertiary/aromatic N) is 1. The van der Waals surface area contributed by atoms with Crippen LogP contribution in [0, 0.1) is 5.82 Å². The molecule has 0 spiro atoms. The molecule has 1 aromatic rings. The Bertz CT molecular complexity index is 361. The highest BCUT2D eigenvalue weighted by Crippen LogP contribution is 2.31. The van der Waals surface area contributed by atoms with Gasteiger partial charge in [0, 0.05) is 19.0 Å². The number of hydrogen-bond acceptors (Lipinski definition) is 1. The Labute approximate surface area is 101 Å². The van der Waals surface area contributed by atoms with Crippen molar-refractivity contribution in [3.63, 3.8) is 0 Å². The number of hydrogen-bond donors (Lipinski definition) is 0. The van der Waals surface area contributed by atoms with Gasteiger partial charge in [0.1, 0.15) is 5.82 Å². The summed E-state index contributed by atoms with van der Waals surface area (Å²) in [5, 5.41) is 0. The topological polar surface area (TPSA) is 3.24 Å². The third-order valence-corrected chi connectivity index (χ3v) is 3.73. The second-order valence-electron chi connectivity index (χ2n) is 4.43. The summed E-state index contributed by atoms with van der Waals surface area (Å²) >= 11 is 5.86. The fourth-order valence-corrected chi connectivity index (χ4v) is 2.75. The van der Waals surface area contributed by atoms with Gasteiger partial charge in [-0.15, -0.1) is 11.6 Å². The monoisotopic (exact) mass is 241 g/mol. The van der Waals surface area contributed by atoms with Crippen LogP contribution in [0.15, 0.2) is 18.2 Å². The number of anilines is 1. The molecule has 1 nitrogen and oxygen atoms in total. The van der Waals surface area contributed by atoms with Crippen molar-refractivity contribution in [2.75, 3.05) is 11.9 Å². The van der Waals surface area contributed by atoms with Gasteiger partial charge < -0.3 is 4.90 Å². The predicted molar refractivity (Wildman–Crippen MR) is 66.6 cm³/mol. The van der Waals surface area contributed by atoms with Gasteiger partial charge >= 0.3 is 0 Å². The first kappa shape index (κ1) is 11.7. The van der Waals surface area contributed by atoms with Crippen molar-refractivity contribution in [3.8, 4) is 0 Å². The molecule has 0 amide bonds. The van der Waals surface area contributed by atoms with Gasteiger partial charge in [0.05, 0.1) is 5.69 Å². The average molecular weight is 242 g/mol. The molecule has 1 aliphatic carbocycles. The van der Waals surface area contributed by atoms with Crippen LogP contribution >= 0.6 is 11.6 Å². The van der Waals surface area contributed by atoms with E-state index in [2.05, 4.69) is 4.90 Å². The maximum absolute atomic E-state index is 13.8. The minimum Gasteiger partial charge on any atom is -0.369 e. The lowest BCUT2D eigenvalue weighted by Crippen LogP contribution is -2.30. The summed E-state index contributed by atoms with van der Waals surface area (Å²) in [6, 6.07) is 5.60. The molecule has 1 saturated carbocycles. The van der Waals surface area contributed by atoms with Crippen molar-refractivity contribution < 1.29 is 4.39 Å². The van der Waals surface area contributed by atoms with E-state index in [1.165, 1.54) is 18.9 Å². The van der Waals surface area contributed by atoms with Gasteiger partial charge in [-0.3, -0.25) is 0 Å². The van der Waals surface area contributed by atoms with Gasteiger partial charge in [0.2, 0.25) is 0 Å². The second-order valence-corrected chi connectivity index (χ2v) is 4.70. The summed E-state index contributed by atoms with van der Waals surface area (Å²) in [5.74, 6) is 0.206. The van der Waals surface area contributed by atoms with E-state index in [0.29, 0.717) is 17.6 Å². The Hall–Kier alpha value is -0.760. The lowest BCUT2D eigenvalue weighted by atomic mass is 10.1. The Balaban J connectivity index is 2.30. The van der Waals surface area contributed by atoms with E-state index in [1.54, 1.807) is 6.07 Å². The number of benzene rings is 1. The third kappa shape index (κ3) is 2.17. The van der Waals surface area contributed by atoms with E-state index in [1.807, 2.05) is 13.1 Å². The molecule has 0 bridgehead atoms. The van der Waals surface area contributed by atoms with Crippen molar-refractivity contribution in [1.29, 1.82) is 0 Å². The van der Waals surface area contributed by atoms with Crippen molar-refractivity contribution in [1.82, 2.24) is 0 Å². The van der Waals surface area contributed by atoms with Gasteiger partial charge in [-0.1, -0.05) is 25.0 Å². The highest BCUT2D eigenvalue weighted by Gasteiger charge is 2.23. The molecule has 3 heteroatoms. The van der Waals surface area contributed by atoms with Crippen molar-refractivity contribution >= 4 is 17.3 Å². The van der Waals surface area contributed by atoms with Gasteiger partial charge in [-0.25, -0.2) is 4.39 Å². The first-order chi connectivity index (χ1) is 7.74. The van der Waals surface area contributed by atoms with Crippen LogP contribution in [-0.4, -0.2) is 13.1 Å². The standard InChI is InChI=1S/C13H17ClFN/c1-16(11-6-2-3-7-11)13-10(9-14)5-4-8-12(13)15/h4-5,8,11H,2-3,6-7,9H2,1H3. The Morgan fingerprint density at radius 2 is 2.06 bits per heavy atom. The molecule has 0 aliphatic heterocycles. The van der Waals surface area contributed by atoms with E-state index in [0.717, 1.165) is 18.4 Å².